The van der Waals surface area contributed by atoms with E-state index in [1.165, 1.54) is 7.05 Å². The van der Waals surface area contributed by atoms with E-state index in [1.54, 1.807) is 12.1 Å². The summed E-state index contributed by atoms with van der Waals surface area (Å²) in [6, 6.07) is 7.09. The number of amides is 2. The van der Waals surface area contributed by atoms with Crippen LogP contribution in [0.25, 0.3) is 5.53 Å². The first-order valence-electron chi connectivity index (χ1n) is 6.21. The van der Waals surface area contributed by atoms with E-state index in [0.29, 0.717) is 5.69 Å². The number of rotatable bonds is 4. The van der Waals surface area contributed by atoms with Crippen molar-refractivity contribution in [3.63, 3.8) is 0 Å². The quantitative estimate of drug-likeness (QED) is 0.493. The molecule has 0 fully saturated rings. The zero-order valence-electron chi connectivity index (χ0n) is 11.8. The van der Waals surface area contributed by atoms with Crippen molar-refractivity contribution in [2.75, 3.05) is 12.4 Å². The van der Waals surface area contributed by atoms with Crippen molar-refractivity contribution in [2.45, 2.75) is 6.92 Å². The van der Waals surface area contributed by atoms with Crippen molar-refractivity contribution in [2.24, 2.45) is 0 Å². The number of carbonyl (C=O) groups is 2. The number of nitrogens with zero attached hydrogens (tertiary/aromatic N) is 4. The minimum absolute atomic E-state index is 0.0700. The largest absolute Gasteiger partial charge is 0.400 e. The Morgan fingerprint density at radius 1 is 1.27 bits per heavy atom. The second-order valence-electron chi connectivity index (χ2n) is 4.30. The third-order valence-electron chi connectivity index (χ3n) is 2.77. The zero-order valence-corrected chi connectivity index (χ0v) is 12.6. The standard InChI is InChI=1S/C13H12N6O2S/c1-7-3-5-8(6-4-7)16-13(21)9(17-14)11-10(12(20)15-2)18-19-22-11/h3-6H,1-2H3,(H,15,20)(H,16,21). The molecule has 2 aromatic rings. The van der Waals surface area contributed by atoms with Crippen LogP contribution in [-0.2, 0) is 4.79 Å². The minimum atomic E-state index is -0.664. The highest BCUT2D eigenvalue weighted by Crippen LogP contribution is 2.14. The van der Waals surface area contributed by atoms with Gasteiger partial charge < -0.3 is 16.2 Å². The number of benzene rings is 1. The normalized spacial score (nSPS) is 9.73. The third-order valence-corrected chi connectivity index (χ3v) is 3.50. The number of hydrogen-bond donors (Lipinski definition) is 2. The van der Waals surface area contributed by atoms with Crippen LogP contribution in [0, 0.1) is 6.92 Å². The molecule has 0 saturated carbocycles. The van der Waals surface area contributed by atoms with Crippen LogP contribution < -0.4 is 10.6 Å². The molecule has 2 amide bonds. The van der Waals surface area contributed by atoms with Gasteiger partial charge in [0.2, 0.25) is 0 Å². The molecular weight excluding hydrogens is 304 g/mol. The maximum absolute atomic E-state index is 12.2. The molecule has 0 bridgehead atoms. The van der Waals surface area contributed by atoms with E-state index >= 15 is 0 Å². The molecule has 0 unspecified atom stereocenters. The topological polar surface area (TPSA) is 120 Å². The van der Waals surface area contributed by atoms with Crippen LogP contribution in [0.15, 0.2) is 24.3 Å². The molecule has 2 rings (SSSR count). The van der Waals surface area contributed by atoms with E-state index in [4.69, 9.17) is 5.53 Å². The monoisotopic (exact) mass is 316 g/mol. The summed E-state index contributed by atoms with van der Waals surface area (Å²) in [6.07, 6.45) is 0. The lowest BCUT2D eigenvalue weighted by atomic mass is 10.2. The molecule has 1 aromatic heterocycles. The molecule has 22 heavy (non-hydrogen) atoms. The van der Waals surface area contributed by atoms with Gasteiger partial charge in [0.25, 0.3) is 5.91 Å². The van der Waals surface area contributed by atoms with Crippen molar-refractivity contribution < 1.29 is 14.4 Å². The Bertz CT molecular complexity index is 761. The fraction of sp³-hybridized carbons (Fsp3) is 0.154. The summed E-state index contributed by atoms with van der Waals surface area (Å²) >= 11 is 0.794. The highest BCUT2D eigenvalue weighted by molar-refractivity contribution is 7.09. The Hall–Kier alpha value is -2.90. The van der Waals surface area contributed by atoms with Gasteiger partial charge in [0, 0.05) is 12.7 Å². The smallest absolute Gasteiger partial charge is 0.360 e. The van der Waals surface area contributed by atoms with E-state index in [1.807, 2.05) is 19.1 Å². The molecule has 0 saturated heterocycles. The molecule has 8 nitrogen and oxygen atoms in total. The van der Waals surface area contributed by atoms with Crippen LogP contribution in [0.2, 0.25) is 0 Å². The van der Waals surface area contributed by atoms with Gasteiger partial charge in [0.1, 0.15) is 0 Å². The van der Waals surface area contributed by atoms with Crippen LogP contribution in [-0.4, -0.2) is 39.0 Å². The van der Waals surface area contributed by atoms with E-state index in [-0.39, 0.29) is 16.3 Å². The second kappa shape index (κ2) is 6.70. The van der Waals surface area contributed by atoms with Crippen molar-refractivity contribution in [3.05, 3.63) is 45.9 Å². The number of aromatic nitrogens is 2. The summed E-state index contributed by atoms with van der Waals surface area (Å²) in [5, 5.41) is 8.60. The summed E-state index contributed by atoms with van der Waals surface area (Å²) in [6.45, 7) is 1.92. The Labute approximate surface area is 130 Å². The van der Waals surface area contributed by atoms with E-state index in [0.717, 1.165) is 17.1 Å². The van der Waals surface area contributed by atoms with Crippen LogP contribution in [0.5, 0.6) is 0 Å². The molecular formula is C13H12N6O2S. The summed E-state index contributed by atoms with van der Waals surface area (Å²) in [5.41, 5.74) is 10.3. The zero-order chi connectivity index (χ0) is 16.1. The molecule has 0 aliphatic rings. The second-order valence-corrected chi connectivity index (χ2v) is 5.05. The SMILES string of the molecule is CNC(=O)c1nnsc1C(=[N+]=[N-])C(=O)Nc1ccc(C)cc1. The van der Waals surface area contributed by atoms with Crippen molar-refractivity contribution in [3.8, 4) is 0 Å². The molecule has 1 aromatic carbocycles. The number of aryl methyl sites for hydroxylation is 1. The van der Waals surface area contributed by atoms with E-state index in [2.05, 4.69) is 25.0 Å². The Morgan fingerprint density at radius 3 is 2.55 bits per heavy atom. The first-order valence-corrected chi connectivity index (χ1v) is 6.99. The third kappa shape index (κ3) is 3.22. The first kappa shape index (κ1) is 15.5. The molecule has 9 heteroatoms. The maximum Gasteiger partial charge on any atom is 0.400 e. The molecule has 112 valence electrons. The van der Waals surface area contributed by atoms with Crippen LogP contribution >= 0.6 is 11.5 Å². The molecule has 0 atom stereocenters. The fourth-order valence-corrected chi connectivity index (χ4v) is 2.28. The molecule has 2 N–H and O–H groups in total. The maximum atomic E-state index is 12.2. The average molecular weight is 316 g/mol. The van der Waals surface area contributed by atoms with Crippen LogP contribution in [0.1, 0.15) is 20.9 Å². The molecule has 0 radical (unpaired) electrons. The Morgan fingerprint density at radius 2 is 1.95 bits per heavy atom. The number of anilines is 1. The molecule has 0 aliphatic heterocycles. The summed E-state index contributed by atoms with van der Waals surface area (Å²) in [4.78, 5) is 26.9. The average Bonchev–Trinajstić information content (AvgIpc) is 2.99. The van der Waals surface area contributed by atoms with Crippen molar-refractivity contribution in [1.29, 1.82) is 0 Å². The Balaban J connectivity index is 2.27. The van der Waals surface area contributed by atoms with Gasteiger partial charge in [-0.25, -0.2) is 0 Å². The highest BCUT2D eigenvalue weighted by atomic mass is 32.1. The van der Waals surface area contributed by atoms with Crippen molar-refractivity contribution >= 4 is 34.7 Å². The van der Waals surface area contributed by atoms with E-state index < -0.39 is 11.8 Å². The fourth-order valence-electron chi connectivity index (χ4n) is 1.63. The van der Waals surface area contributed by atoms with Crippen molar-refractivity contribution in [1.82, 2.24) is 14.9 Å². The summed E-state index contributed by atoms with van der Waals surface area (Å²) in [5.74, 6) is -1.18. The van der Waals surface area contributed by atoms with Crippen LogP contribution in [0.4, 0.5) is 5.69 Å². The number of hydrogen-bond acceptors (Lipinski definition) is 5. The van der Waals surface area contributed by atoms with Gasteiger partial charge >= 0.3 is 11.6 Å². The Kier molecular flexibility index (Phi) is 4.72. The number of carbonyl (C=O) groups excluding carboxylic acids is 2. The van der Waals surface area contributed by atoms with Gasteiger partial charge in [-0.1, -0.05) is 22.2 Å². The minimum Gasteiger partial charge on any atom is -0.360 e. The van der Waals surface area contributed by atoms with Gasteiger partial charge in [0.15, 0.2) is 10.6 Å². The summed E-state index contributed by atoms with van der Waals surface area (Å²) < 4.78 is 3.62. The van der Waals surface area contributed by atoms with Gasteiger partial charge in [-0.3, -0.25) is 9.59 Å². The lowest BCUT2D eigenvalue weighted by Crippen LogP contribution is -2.27. The molecule has 1 heterocycles. The number of nitrogens with one attached hydrogen (secondary N) is 2. The molecule has 0 spiro atoms. The predicted octanol–water partition coefficient (Wildman–Crippen LogP) is 0.864. The first-order chi connectivity index (χ1) is 10.6. The lowest BCUT2D eigenvalue weighted by Gasteiger charge is -2.02. The van der Waals surface area contributed by atoms with E-state index in [9.17, 15) is 9.59 Å². The van der Waals surface area contributed by atoms with Crippen LogP contribution in [0.3, 0.4) is 0 Å². The van der Waals surface area contributed by atoms with Gasteiger partial charge in [-0.2, -0.15) is 4.79 Å². The lowest BCUT2D eigenvalue weighted by molar-refractivity contribution is -0.114. The summed E-state index contributed by atoms with van der Waals surface area (Å²) in [7, 11) is 1.42. The van der Waals surface area contributed by atoms with Gasteiger partial charge in [-0.05, 0) is 30.6 Å². The van der Waals surface area contributed by atoms with Gasteiger partial charge in [-0.15, -0.1) is 5.10 Å². The predicted molar refractivity (Wildman–Crippen MR) is 80.8 cm³/mol. The highest BCUT2D eigenvalue weighted by Gasteiger charge is 2.31. The molecule has 0 aliphatic carbocycles. The van der Waals surface area contributed by atoms with Gasteiger partial charge in [0.05, 0.1) is 0 Å².